The maximum absolute atomic E-state index is 6.30. The fourth-order valence-electron chi connectivity index (χ4n) is 2.07. The molecule has 0 aliphatic heterocycles. The van der Waals surface area contributed by atoms with Gasteiger partial charge in [0.15, 0.2) is 0 Å². The molecule has 3 nitrogen and oxygen atoms in total. The van der Waals surface area contributed by atoms with Crippen molar-refractivity contribution in [2.75, 3.05) is 0 Å². The number of rotatable bonds is 6. The minimum Gasteiger partial charge on any atom is -0.309 e. The number of aryl methyl sites for hydroxylation is 2. The lowest BCUT2D eigenvalue weighted by molar-refractivity contribution is 0.435. The minimum absolute atomic E-state index is 0.506. The molecular formula is C13H24ClN3. The highest BCUT2D eigenvalue weighted by atomic mass is 35.5. The lowest BCUT2D eigenvalue weighted by atomic mass is 10.1. The van der Waals surface area contributed by atoms with Gasteiger partial charge in [-0.3, -0.25) is 4.68 Å². The lowest BCUT2D eigenvalue weighted by Gasteiger charge is -2.16. The third-order valence-electron chi connectivity index (χ3n) is 2.95. The molecule has 1 rings (SSSR count). The summed E-state index contributed by atoms with van der Waals surface area (Å²) in [5, 5.41) is 8.74. The van der Waals surface area contributed by atoms with Crippen LogP contribution in [0.15, 0.2) is 0 Å². The number of aromatic nitrogens is 2. The minimum atomic E-state index is 0.506. The molecule has 0 fully saturated rings. The summed E-state index contributed by atoms with van der Waals surface area (Å²) < 4.78 is 1.89. The highest BCUT2D eigenvalue weighted by molar-refractivity contribution is 6.31. The highest BCUT2D eigenvalue weighted by Gasteiger charge is 2.13. The second kappa shape index (κ2) is 6.41. The van der Waals surface area contributed by atoms with Crippen LogP contribution in [0, 0.1) is 5.92 Å². The molecule has 0 aromatic carbocycles. The fraction of sp³-hybridized carbons (Fsp3) is 0.769. The first-order valence-corrected chi connectivity index (χ1v) is 6.77. The van der Waals surface area contributed by atoms with E-state index in [-0.39, 0.29) is 0 Å². The van der Waals surface area contributed by atoms with Crippen LogP contribution < -0.4 is 5.32 Å². The van der Waals surface area contributed by atoms with Crippen LogP contribution in [0.5, 0.6) is 0 Å². The number of hydrogen-bond donors (Lipinski definition) is 1. The van der Waals surface area contributed by atoms with Crippen LogP contribution in [0.25, 0.3) is 0 Å². The molecule has 1 unspecified atom stereocenters. The maximum Gasteiger partial charge on any atom is 0.0863 e. The van der Waals surface area contributed by atoms with Crippen molar-refractivity contribution in [2.24, 2.45) is 13.0 Å². The summed E-state index contributed by atoms with van der Waals surface area (Å²) in [5.41, 5.74) is 2.07. The van der Waals surface area contributed by atoms with E-state index in [9.17, 15) is 0 Å². The van der Waals surface area contributed by atoms with Gasteiger partial charge in [0.05, 0.1) is 16.4 Å². The van der Waals surface area contributed by atoms with Crippen LogP contribution in [-0.4, -0.2) is 15.8 Å². The molecular weight excluding hydrogens is 234 g/mol. The van der Waals surface area contributed by atoms with Crippen LogP contribution in [0.4, 0.5) is 0 Å². The quantitative estimate of drug-likeness (QED) is 0.849. The maximum atomic E-state index is 6.30. The SMILES string of the molecule is CCc1nn(C)c(CNC(C)CC(C)C)c1Cl. The fourth-order valence-corrected chi connectivity index (χ4v) is 2.43. The Morgan fingerprint density at radius 3 is 2.47 bits per heavy atom. The van der Waals surface area contributed by atoms with Gasteiger partial charge >= 0.3 is 0 Å². The molecule has 1 heterocycles. The van der Waals surface area contributed by atoms with Crippen LogP contribution in [0.1, 0.15) is 45.5 Å². The Balaban J connectivity index is 2.60. The van der Waals surface area contributed by atoms with Gasteiger partial charge in [-0.15, -0.1) is 0 Å². The zero-order valence-electron chi connectivity index (χ0n) is 11.5. The van der Waals surface area contributed by atoms with Crippen LogP contribution in [-0.2, 0) is 20.0 Å². The molecule has 0 amide bonds. The molecule has 4 heteroatoms. The predicted molar refractivity (Wildman–Crippen MR) is 73.4 cm³/mol. The summed E-state index contributed by atoms with van der Waals surface area (Å²) in [7, 11) is 1.95. The molecule has 1 N–H and O–H groups in total. The molecule has 0 saturated carbocycles. The third-order valence-corrected chi connectivity index (χ3v) is 3.38. The van der Waals surface area contributed by atoms with Crippen molar-refractivity contribution in [1.29, 1.82) is 0 Å². The van der Waals surface area contributed by atoms with Crippen molar-refractivity contribution in [3.05, 3.63) is 16.4 Å². The topological polar surface area (TPSA) is 29.9 Å². The van der Waals surface area contributed by atoms with E-state index in [4.69, 9.17) is 11.6 Å². The van der Waals surface area contributed by atoms with Gasteiger partial charge in [-0.25, -0.2) is 0 Å². The van der Waals surface area contributed by atoms with Crippen molar-refractivity contribution in [3.63, 3.8) is 0 Å². The Kier molecular flexibility index (Phi) is 5.47. The molecule has 0 bridgehead atoms. The van der Waals surface area contributed by atoms with Crippen molar-refractivity contribution in [3.8, 4) is 0 Å². The highest BCUT2D eigenvalue weighted by Crippen LogP contribution is 2.20. The molecule has 1 aromatic heterocycles. The number of hydrogen-bond acceptors (Lipinski definition) is 2. The van der Waals surface area contributed by atoms with Crippen LogP contribution in [0.2, 0.25) is 5.02 Å². The second-order valence-electron chi connectivity index (χ2n) is 5.10. The Bertz CT molecular complexity index is 358. The van der Waals surface area contributed by atoms with Gasteiger partial charge in [0.2, 0.25) is 0 Å². The van der Waals surface area contributed by atoms with Gasteiger partial charge in [0, 0.05) is 19.6 Å². The van der Waals surface area contributed by atoms with Crippen molar-refractivity contribution >= 4 is 11.6 Å². The predicted octanol–water partition coefficient (Wildman–Crippen LogP) is 3.16. The third kappa shape index (κ3) is 4.00. The van der Waals surface area contributed by atoms with E-state index in [1.54, 1.807) is 0 Å². The summed E-state index contributed by atoms with van der Waals surface area (Å²) in [6.07, 6.45) is 2.06. The summed E-state index contributed by atoms with van der Waals surface area (Å²) in [5.74, 6) is 0.714. The zero-order valence-corrected chi connectivity index (χ0v) is 12.3. The zero-order chi connectivity index (χ0) is 13.0. The molecule has 0 aliphatic rings. The summed E-state index contributed by atoms with van der Waals surface area (Å²) >= 11 is 6.30. The molecule has 1 atom stereocenters. The first kappa shape index (κ1) is 14.5. The smallest absolute Gasteiger partial charge is 0.0863 e. The van der Waals surface area contributed by atoms with Gasteiger partial charge in [-0.05, 0) is 25.7 Å². The standard InChI is InChI=1S/C13H24ClN3/c1-6-11-13(14)12(17(5)16-11)8-15-10(4)7-9(2)3/h9-10,15H,6-8H2,1-5H3. The Morgan fingerprint density at radius 1 is 1.35 bits per heavy atom. The van der Waals surface area contributed by atoms with E-state index in [1.807, 2.05) is 11.7 Å². The number of nitrogens with one attached hydrogen (secondary N) is 1. The summed E-state index contributed by atoms with van der Waals surface area (Å²) in [6, 6.07) is 0.506. The van der Waals surface area contributed by atoms with Crippen molar-refractivity contribution < 1.29 is 0 Å². The summed E-state index contributed by atoms with van der Waals surface area (Å²) in [4.78, 5) is 0. The first-order valence-electron chi connectivity index (χ1n) is 6.39. The van der Waals surface area contributed by atoms with Gasteiger partial charge in [-0.2, -0.15) is 5.10 Å². The van der Waals surface area contributed by atoms with Gasteiger partial charge < -0.3 is 5.32 Å². The molecule has 0 radical (unpaired) electrons. The van der Waals surface area contributed by atoms with Crippen LogP contribution >= 0.6 is 11.6 Å². The Morgan fingerprint density at radius 2 is 2.00 bits per heavy atom. The Labute approximate surface area is 110 Å². The lowest BCUT2D eigenvalue weighted by Crippen LogP contribution is -2.27. The average molecular weight is 258 g/mol. The molecule has 17 heavy (non-hydrogen) atoms. The molecule has 1 aromatic rings. The van der Waals surface area contributed by atoms with Gasteiger partial charge in [0.25, 0.3) is 0 Å². The van der Waals surface area contributed by atoms with E-state index in [2.05, 4.69) is 38.1 Å². The Hall–Kier alpha value is -0.540. The van der Waals surface area contributed by atoms with Crippen molar-refractivity contribution in [1.82, 2.24) is 15.1 Å². The molecule has 0 saturated heterocycles. The van der Waals surface area contributed by atoms with E-state index < -0.39 is 0 Å². The number of nitrogens with zero attached hydrogens (tertiary/aromatic N) is 2. The number of halogens is 1. The molecule has 98 valence electrons. The second-order valence-corrected chi connectivity index (χ2v) is 5.47. The van der Waals surface area contributed by atoms with Crippen molar-refractivity contribution in [2.45, 2.75) is 53.1 Å². The summed E-state index contributed by atoms with van der Waals surface area (Å²) in [6.45, 7) is 9.56. The van der Waals surface area contributed by atoms with Gasteiger partial charge in [0.1, 0.15) is 0 Å². The first-order chi connectivity index (χ1) is 7.95. The van der Waals surface area contributed by atoms with Crippen LogP contribution in [0.3, 0.4) is 0 Å². The van der Waals surface area contributed by atoms with Gasteiger partial charge in [-0.1, -0.05) is 32.4 Å². The molecule has 0 spiro atoms. The monoisotopic (exact) mass is 257 g/mol. The van der Waals surface area contributed by atoms with E-state index in [0.717, 1.165) is 29.4 Å². The van der Waals surface area contributed by atoms with E-state index in [1.165, 1.54) is 6.42 Å². The normalized spacial score (nSPS) is 13.4. The largest absolute Gasteiger partial charge is 0.309 e. The van der Waals surface area contributed by atoms with E-state index in [0.29, 0.717) is 12.0 Å². The molecule has 0 aliphatic carbocycles. The van der Waals surface area contributed by atoms with E-state index >= 15 is 0 Å². The average Bonchev–Trinajstić information content (AvgIpc) is 2.50.